The van der Waals surface area contributed by atoms with E-state index in [0.29, 0.717) is 11.5 Å². The highest BCUT2D eigenvalue weighted by atomic mass is 19.1. The Morgan fingerprint density at radius 1 is 1.26 bits per heavy atom. The monoisotopic (exact) mass is 260 g/mol. The topological polar surface area (TPSA) is 43.6 Å². The second kappa shape index (κ2) is 4.11. The van der Waals surface area contributed by atoms with E-state index < -0.39 is 0 Å². The zero-order valence-corrected chi connectivity index (χ0v) is 11.4. The van der Waals surface area contributed by atoms with Crippen LogP contribution >= 0.6 is 0 Å². The molecule has 0 bridgehead atoms. The molecular weight excluding hydrogens is 243 g/mol. The summed E-state index contributed by atoms with van der Waals surface area (Å²) in [6.45, 7) is 5.99. The van der Waals surface area contributed by atoms with Crippen LogP contribution in [0.25, 0.3) is 5.69 Å². The molecule has 5 heteroatoms. The molecule has 0 saturated heterocycles. The van der Waals surface area contributed by atoms with Crippen molar-refractivity contribution in [2.24, 2.45) is 0 Å². The zero-order chi connectivity index (χ0) is 13.6. The number of benzene rings is 1. The summed E-state index contributed by atoms with van der Waals surface area (Å²) in [6.07, 6.45) is 2.27. The molecule has 1 aromatic carbocycles. The summed E-state index contributed by atoms with van der Waals surface area (Å²) >= 11 is 0. The highest BCUT2D eigenvalue weighted by Crippen LogP contribution is 2.39. The minimum atomic E-state index is -0.242. The summed E-state index contributed by atoms with van der Waals surface area (Å²) in [5.41, 5.74) is 1.27. The van der Waals surface area contributed by atoms with Gasteiger partial charge in [-0.2, -0.15) is 4.68 Å². The summed E-state index contributed by atoms with van der Waals surface area (Å²) in [7, 11) is 0. The van der Waals surface area contributed by atoms with Crippen LogP contribution in [0, 0.1) is 5.82 Å². The summed E-state index contributed by atoms with van der Waals surface area (Å²) in [5, 5.41) is 11.9. The Bertz CT molecular complexity index is 608. The fraction of sp³-hybridized carbons (Fsp3) is 0.500. The van der Waals surface area contributed by atoms with Crippen LogP contribution < -0.4 is 0 Å². The van der Waals surface area contributed by atoms with Gasteiger partial charge in [-0.05, 0) is 52.4 Å². The zero-order valence-electron chi connectivity index (χ0n) is 11.4. The van der Waals surface area contributed by atoms with Crippen molar-refractivity contribution >= 4 is 0 Å². The summed E-state index contributed by atoms with van der Waals surface area (Å²) < 4.78 is 15.6. The number of halogens is 1. The van der Waals surface area contributed by atoms with Crippen LogP contribution in [0.4, 0.5) is 4.39 Å². The van der Waals surface area contributed by atoms with E-state index >= 15 is 0 Å². The van der Waals surface area contributed by atoms with Crippen LogP contribution in [0.5, 0.6) is 0 Å². The predicted molar refractivity (Wildman–Crippen MR) is 69.8 cm³/mol. The lowest BCUT2D eigenvalue weighted by molar-refractivity contribution is 0.521. The van der Waals surface area contributed by atoms with Crippen molar-refractivity contribution in [3.05, 3.63) is 35.4 Å². The van der Waals surface area contributed by atoms with Gasteiger partial charge in [-0.1, -0.05) is 20.8 Å². The SMILES string of the molecule is CC(C)(C)c1cc(-n2nnnc2C2CC2)ccc1F. The first-order chi connectivity index (χ1) is 8.97. The molecule has 0 unspecified atom stereocenters. The molecule has 3 rings (SSSR count). The van der Waals surface area contributed by atoms with E-state index in [9.17, 15) is 4.39 Å². The molecule has 0 atom stereocenters. The molecule has 1 aliphatic carbocycles. The van der Waals surface area contributed by atoms with Crippen molar-refractivity contribution in [3.8, 4) is 5.69 Å². The largest absolute Gasteiger partial charge is 0.207 e. The standard InChI is InChI=1S/C14H17FN4/c1-14(2,3)11-8-10(6-7-12(11)15)19-13(9-4-5-9)16-17-18-19/h6-9H,4-5H2,1-3H3. The van der Waals surface area contributed by atoms with E-state index in [1.165, 1.54) is 6.07 Å². The van der Waals surface area contributed by atoms with Crippen LogP contribution in [0.2, 0.25) is 0 Å². The van der Waals surface area contributed by atoms with Crippen LogP contribution in [0.3, 0.4) is 0 Å². The van der Waals surface area contributed by atoms with Gasteiger partial charge in [0.15, 0.2) is 5.82 Å². The average molecular weight is 260 g/mol. The molecule has 0 aliphatic heterocycles. The fourth-order valence-corrected chi connectivity index (χ4v) is 2.19. The Labute approximate surface area is 111 Å². The number of nitrogens with zero attached hydrogens (tertiary/aromatic N) is 4. The summed E-state index contributed by atoms with van der Waals surface area (Å²) in [5.74, 6) is 1.15. The van der Waals surface area contributed by atoms with Gasteiger partial charge >= 0.3 is 0 Å². The van der Waals surface area contributed by atoms with Crippen LogP contribution in [-0.4, -0.2) is 20.2 Å². The van der Waals surface area contributed by atoms with Gasteiger partial charge in [-0.15, -0.1) is 5.10 Å². The molecule has 4 nitrogen and oxygen atoms in total. The fourth-order valence-electron chi connectivity index (χ4n) is 2.19. The molecule has 1 heterocycles. The first-order valence-electron chi connectivity index (χ1n) is 6.55. The van der Waals surface area contributed by atoms with Gasteiger partial charge in [0.2, 0.25) is 0 Å². The van der Waals surface area contributed by atoms with E-state index in [4.69, 9.17) is 0 Å². The Balaban J connectivity index is 2.08. The number of aromatic nitrogens is 4. The molecule has 19 heavy (non-hydrogen) atoms. The van der Waals surface area contributed by atoms with Crippen molar-refractivity contribution in [1.29, 1.82) is 0 Å². The maximum absolute atomic E-state index is 13.9. The van der Waals surface area contributed by atoms with Crippen LogP contribution in [0.15, 0.2) is 18.2 Å². The van der Waals surface area contributed by atoms with Gasteiger partial charge in [0, 0.05) is 5.92 Å². The molecule has 1 fully saturated rings. The lowest BCUT2D eigenvalue weighted by atomic mass is 9.86. The second-order valence-electron chi connectivity index (χ2n) is 6.14. The van der Waals surface area contributed by atoms with Gasteiger partial charge in [-0.3, -0.25) is 0 Å². The third-order valence-corrected chi connectivity index (χ3v) is 3.44. The molecule has 0 N–H and O–H groups in total. The first-order valence-corrected chi connectivity index (χ1v) is 6.55. The lowest BCUT2D eigenvalue weighted by Crippen LogP contribution is -2.15. The van der Waals surface area contributed by atoms with Gasteiger partial charge in [0.25, 0.3) is 0 Å². The molecular formula is C14H17FN4. The van der Waals surface area contributed by atoms with E-state index in [1.54, 1.807) is 10.7 Å². The molecule has 0 amide bonds. The number of tetrazole rings is 1. The number of hydrogen-bond donors (Lipinski definition) is 0. The Hall–Kier alpha value is -1.78. The Kier molecular flexibility index (Phi) is 2.66. The van der Waals surface area contributed by atoms with Crippen molar-refractivity contribution in [1.82, 2.24) is 20.2 Å². The van der Waals surface area contributed by atoms with Crippen molar-refractivity contribution in [2.75, 3.05) is 0 Å². The Morgan fingerprint density at radius 3 is 2.63 bits per heavy atom. The molecule has 1 aliphatic rings. The summed E-state index contributed by atoms with van der Waals surface area (Å²) in [4.78, 5) is 0. The highest BCUT2D eigenvalue weighted by Gasteiger charge is 2.30. The third kappa shape index (κ3) is 2.25. The Morgan fingerprint density at radius 2 is 2.00 bits per heavy atom. The van der Waals surface area contributed by atoms with E-state index in [-0.39, 0.29) is 11.2 Å². The van der Waals surface area contributed by atoms with E-state index in [0.717, 1.165) is 24.4 Å². The number of rotatable bonds is 2. The highest BCUT2D eigenvalue weighted by molar-refractivity contribution is 5.39. The smallest absolute Gasteiger partial charge is 0.159 e. The van der Waals surface area contributed by atoms with Gasteiger partial charge in [0.05, 0.1) is 5.69 Å². The third-order valence-electron chi connectivity index (χ3n) is 3.44. The molecule has 100 valence electrons. The van der Waals surface area contributed by atoms with Crippen LogP contribution in [-0.2, 0) is 5.41 Å². The van der Waals surface area contributed by atoms with E-state index in [1.807, 2.05) is 26.8 Å². The van der Waals surface area contributed by atoms with Crippen molar-refractivity contribution in [2.45, 2.75) is 44.9 Å². The maximum atomic E-state index is 13.9. The van der Waals surface area contributed by atoms with Crippen molar-refractivity contribution in [3.63, 3.8) is 0 Å². The quantitative estimate of drug-likeness (QED) is 0.833. The van der Waals surface area contributed by atoms with Gasteiger partial charge in [-0.25, -0.2) is 4.39 Å². The molecule has 1 aromatic heterocycles. The molecule has 2 aromatic rings. The normalized spacial score (nSPS) is 15.8. The average Bonchev–Trinajstić information content (AvgIpc) is 3.07. The lowest BCUT2D eigenvalue weighted by Gasteiger charge is -2.20. The maximum Gasteiger partial charge on any atom is 0.159 e. The minimum absolute atomic E-state index is 0.183. The molecule has 1 saturated carbocycles. The minimum Gasteiger partial charge on any atom is -0.207 e. The number of hydrogen-bond acceptors (Lipinski definition) is 3. The summed E-state index contributed by atoms with van der Waals surface area (Å²) in [6, 6.07) is 5.07. The van der Waals surface area contributed by atoms with Gasteiger partial charge < -0.3 is 0 Å². The van der Waals surface area contributed by atoms with Gasteiger partial charge in [0.1, 0.15) is 5.82 Å². The first kappa shape index (κ1) is 12.3. The molecule has 0 radical (unpaired) electrons. The molecule has 0 spiro atoms. The van der Waals surface area contributed by atoms with Crippen LogP contribution in [0.1, 0.15) is 50.9 Å². The second-order valence-corrected chi connectivity index (χ2v) is 6.14. The predicted octanol–water partition coefficient (Wildman–Crippen LogP) is 2.98. The van der Waals surface area contributed by atoms with E-state index in [2.05, 4.69) is 15.5 Å². The van der Waals surface area contributed by atoms with Crippen molar-refractivity contribution < 1.29 is 4.39 Å².